The normalized spacial score (nSPS) is 15.9. The molecule has 4 heteroatoms. The summed E-state index contributed by atoms with van der Waals surface area (Å²) in [6.45, 7) is 2.15. The lowest BCUT2D eigenvalue weighted by Gasteiger charge is -2.36. The fraction of sp³-hybridized carbons (Fsp3) is 0.667. The van der Waals surface area contributed by atoms with Crippen molar-refractivity contribution in [1.29, 1.82) is 0 Å². The zero-order chi connectivity index (χ0) is 11.5. The smallest absolute Gasteiger partial charge is 0.137 e. The largest absolute Gasteiger partial charge is 0.383 e. The van der Waals surface area contributed by atoms with Crippen molar-refractivity contribution in [2.45, 2.75) is 45.1 Å². The molecule has 0 aromatic carbocycles. The summed E-state index contributed by atoms with van der Waals surface area (Å²) in [5.74, 6) is 1.66. The molecule has 88 valence electrons. The Morgan fingerprint density at radius 3 is 2.75 bits per heavy atom. The second-order valence-corrected chi connectivity index (χ2v) is 4.51. The predicted molar refractivity (Wildman–Crippen MR) is 66.5 cm³/mol. The first kappa shape index (κ1) is 11.2. The quantitative estimate of drug-likeness (QED) is 0.843. The van der Waals surface area contributed by atoms with E-state index in [0.717, 1.165) is 24.2 Å². The third kappa shape index (κ3) is 1.96. The molecule has 1 aliphatic carbocycles. The summed E-state index contributed by atoms with van der Waals surface area (Å²) in [4.78, 5) is 10.8. The van der Waals surface area contributed by atoms with E-state index in [-0.39, 0.29) is 0 Å². The molecule has 16 heavy (non-hydrogen) atoms. The number of nitrogen functional groups attached to an aromatic ring is 1. The van der Waals surface area contributed by atoms with Crippen molar-refractivity contribution in [2.24, 2.45) is 0 Å². The van der Waals surface area contributed by atoms with Crippen LogP contribution >= 0.6 is 0 Å². The van der Waals surface area contributed by atoms with E-state index in [1.54, 1.807) is 6.33 Å². The third-order valence-electron chi connectivity index (χ3n) is 3.41. The molecule has 1 saturated carbocycles. The van der Waals surface area contributed by atoms with Crippen LogP contribution in [0.1, 0.15) is 38.2 Å². The molecule has 0 aliphatic heterocycles. The summed E-state index contributed by atoms with van der Waals surface area (Å²) in [7, 11) is 2.12. The predicted octanol–water partition coefficient (Wildman–Crippen LogP) is 2.00. The lowest BCUT2D eigenvalue weighted by molar-refractivity contribution is 0.398. The van der Waals surface area contributed by atoms with Gasteiger partial charge in [0.1, 0.15) is 18.0 Å². The Hall–Kier alpha value is -1.32. The maximum Gasteiger partial charge on any atom is 0.137 e. The SMILES string of the molecule is CCCc1c(N)ncnc1N(C)C1CCC1. The average Bonchev–Trinajstić information content (AvgIpc) is 2.18. The minimum atomic E-state index is 0.637. The van der Waals surface area contributed by atoms with E-state index < -0.39 is 0 Å². The molecule has 1 aromatic heterocycles. The molecule has 0 atom stereocenters. The van der Waals surface area contributed by atoms with Gasteiger partial charge < -0.3 is 10.6 Å². The van der Waals surface area contributed by atoms with Crippen LogP contribution in [0.2, 0.25) is 0 Å². The number of hydrogen-bond acceptors (Lipinski definition) is 4. The van der Waals surface area contributed by atoms with Crippen LogP contribution in [0.15, 0.2) is 6.33 Å². The van der Waals surface area contributed by atoms with Crippen molar-refractivity contribution in [3.8, 4) is 0 Å². The number of aromatic nitrogens is 2. The summed E-state index contributed by atoms with van der Waals surface area (Å²) >= 11 is 0. The number of anilines is 2. The van der Waals surface area contributed by atoms with Crippen LogP contribution in [0.3, 0.4) is 0 Å². The highest BCUT2D eigenvalue weighted by molar-refractivity contribution is 5.57. The highest BCUT2D eigenvalue weighted by Gasteiger charge is 2.25. The van der Waals surface area contributed by atoms with Crippen molar-refractivity contribution < 1.29 is 0 Å². The summed E-state index contributed by atoms with van der Waals surface area (Å²) in [6, 6.07) is 0.643. The maximum absolute atomic E-state index is 5.93. The fourth-order valence-electron chi connectivity index (χ4n) is 2.16. The first-order chi connectivity index (χ1) is 7.74. The van der Waals surface area contributed by atoms with Gasteiger partial charge in [-0.2, -0.15) is 0 Å². The van der Waals surface area contributed by atoms with Crippen LogP contribution in [0.4, 0.5) is 11.6 Å². The first-order valence-corrected chi connectivity index (χ1v) is 6.06. The first-order valence-electron chi connectivity index (χ1n) is 6.06. The van der Waals surface area contributed by atoms with Crippen LogP contribution in [-0.4, -0.2) is 23.1 Å². The zero-order valence-electron chi connectivity index (χ0n) is 10.1. The molecule has 0 bridgehead atoms. The molecule has 4 nitrogen and oxygen atoms in total. The van der Waals surface area contributed by atoms with Crippen molar-refractivity contribution in [1.82, 2.24) is 9.97 Å². The summed E-state index contributed by atoms with van der Waals surface area (Å²) < 4.78 is 0. The van der Waals surface area contributed by atoms with Gasteiger partial charge in [-0.15, -0.1) is 0 Å². The van der Waals surface area contributed by atoms with Crippen molar-refractivity contribution in [2.75, 3.05) is 17.7 Å². The second kappa shape index (κ2) is 4.68. The molecular weight excluding hydrogens is 200 g/mol. The maximum atomic E-state index is 5.93. The molecular formula is C12H20N4. The molecule has 2 rings (SSSR count). The van der Waals surface area contributed by atoms with Crippen LogP contribution in [0.25, 0.3) is 0 Å². The molecule has 1 aliphatic rings. The van der Waals surface area contributed by atoms with Gasteiger partial charge in [0.2, 0.25) is 0 Å². The van der Waals surface area contributed by atoms with Crippen LogP contribution < -0.4 is 10.6 Å². The van der Waals surface area contributed by atoms with E-state index in [1.807, 2.05) is 0 Å². The zero-order valence-corrected chi connectivity index (χ0v) is 10.1. The third-order valence-corrected chi connectivity index (χ3v) is 3.41. The Labute approximate surface area is 96.9 Å². The number of rotatable bonds is 4. The van der Waals surface area contributed by atoms with Gasteiger partial charge in [-0.05, 0) is 25.7 Å². The van der Waals surface area contributed by atoms with Gasteiger partial charge in [0.15, 0.2) is 0 Å². The molecule has 0 radical (unpaired) electrons. The lowest BCUT2D eigenvalue weighted by Crippen LogP contribution is -2.38. The minimum absolute atomic E-state index is 0.637. The highest BCUT2D eigenvalue weighted by Crippen LogP contribution is 2.30. The molecule has 0 spiro atoms. The average molecular weight is 220 g/mol. The minimum Gasteiger partial charge on any atom is -0.383 e. The second-order valence-electron chi connectivity index (χ2n) is 4.51. The van der Waals surface area contributed by atoms with Crippen molar-refractivity contribution >= 4 is 11.6 Å². The van der Waals surface area contributed by atoms with E-state index in [4.69, 9.17) is 5.73 Å². The lowest BCUT2D eigenvalue weighted by atomic mass is 9.91. The van der Waals surface area contributed by atoms with Gasteiger partial charge in [0, 0.05) is 18.7 Å². The number of nitrogens with two attached hydrogens (primary N) is 1. The van der Waals surface area contributed by atoms with Gasteiger partial charge in [-0.1, -0.05) is 13.3 Å². The van der Waals surface area contributed by atoms with Crippen molar-refractivity contribution in [3.05, 3.63) is 11.9 Å². The van der Waals surface area contributed by atoms with E-state index in [2.05, 4.69) is 28.8 Å². The number of hydrogen-bond donors (Lipinski definition) is 1. The number of nitrogens with zero attached hydrogens (tertiary/aromatic N) is 3. The Morgan fingerprint density at radius 1 is 1.44 bits per heavy atom. The van der Waals surface area contributed by atoms with E-state index in [1.165, 1.54) is 19.3 Å². The van der Waals surface area contributed by atoms with Gasteiger partial charge >= 0.3 is 0 Å². The Kier molecular flexibility index (Phi) is 3.27. The van der Waals surface area contributed by atoms with E-state index in [9.17, 15) is 0 Å². The molecule has 2 N–H and O–H groups in total. The Balaban J connectivity index is 2.27. The van der Waals surface area contributed by atoms with E-state index >= 15 is 0 Å². The van der Waals surface area contributed by atoms with Gasteiger partial charge in [-0.25, -0.2) is 9.97 Å². The topological polar surface area (TPSA) is 55.0 Å². The standard InChI is InChI=1S/C12H20N4/c1-3-5-10-11(13)14-8-15-12(10)16(2)9-6-4-7-9/h8-9H,3-7H2,1-2H3,(H2,13,14,15). The Bertz CT molecular complexity index is 360. The molecule has 0 saturated heterocycles. The van der Waals surface area contributed by atoms with Gasteiger partial charge in [0.25, 0.3) is 0 Å². The van der Waals surface area contributed by atoms with Crippen molar-refractivity contribution in [3.63, 3.8) is 0 Å². The Morgan fingerprint density at radius 2 is 2.19 bits per heavy atom. The van der Waals surface area contributed by atoms with Crippen LogP contribution in [-0.2, 0) is 6.42 Å². The van der Waals surface area contributed by atoms with Gasteiger partial charge in [-0.3, -0.25) is 0 Å². The molecule has 1 aromatic rings. The summed E-state index contributed by atoms with van der Waals surface area (Å²) in [5.41, 5.74) is 7.04. The summed E-state index contributed by atoms with van der Waals surface area (Å²) in [5, 5.41) is 0. The monoisotopic (exact) mass is 220 g/mol. The van der Waals surface area contributed by atoms with Gasteiger partial charge in [0.05, 0.1) is 0 Å². The molecule has 1 heterocycles. The van der Waals surface area contributed by atoms with Crippen LogP contribution in [0.5, 0.6) is 0 Å². The van der Waals surface area contributed by atoms with E-state index in [0.29, 0.717) is 11.9 Å². The highest BCUT2D eigenvalue weighted by atomic mass is 15.2. The van der Waals surface area contributed by atoms with Crippen LogP contribution in [0, 0.1) is 0 Å². The summed E-state index contributed by atoms with van der Waals surface area (Å²) in [6.07, 6.45) is 7.47. The fourth-order valence-corrected chi connectivity index (χ4v) is 2.16. The molecule has 1 fully saturated rings. The molecule has 0 unspecified atom stereocenters. The molecule has 0 amide bonds.